The second-order valence-electron chi connectivity index (χ2n) is 2.34. The zero-order chi connectivity index (χ0) is 7.56. The zero-order valence-corrected chi connectivity index (χ0v) is 5.48. The SMILES string of the molecule is NCC1C=C(F)C=C(F)C1. The Kier molecular flexibility index (Phi) is 2.17. The van der Waals surface area contributed by atoms with Crippen LogP contribution in [0.25, 0.3) is 0 Å². The van der Waals surface area contributed by atoms with Gasteiger partial charge in [-0.3, -0.25) is 0 Å². The Hall–Kier alpha value is -0.700. The monoisotopic (exact) mass is 145 g/mol. The fraction of sp³-hybridized carbons (Fsp3) is 0.429. The molecule has 0 aromatic heterocycles. The number of nitrogens with two attached hydrogens (primary N) is 1. The highest BCUT2D eigenvalue weighted by Gasteiger charge is 2.13. The molecular formula is C7H9F2N. The molecule has 0 saturated heterocycles. The van der Waals surface area contributed by atoms with Crippen molar-refractivity contribution in [1.82, 2.24) is 0 Å². The molecule has 0 bridgehead atoms. The maximum Gasteiger partial charge on any atom is 0.122 e. The lowest BCUT2D eigenvalue weighted by Crippen LogP contribution is -2.14. The summed E-state index contributed by atoms with van der Waals surface area (Å²) in [4.78, 5) is 0. The van der Waals surface area contributed by atoms with Gasteiger partial charge in [0.1, 0.15) is 11.7 Å². The highest BCUT2D eigenvalue weighted by molar-refractivity contribution is 5.21. The molecule has 1 aliphatic rings. The fourth-order valence-electron chi connectivity index (χ4n) is 0.943. The summed E-state index contributed by atoms with van der Waals surface area (Å²) in [5.41, 5.74) is 5.22. The summed E-state index contributed by atoms with van der Waals surface area (Å²) in [6.45, 7) is 0.300. The molecule has 1 aliphatic carbocycles. The second-order valence-corrected chi connectivity index (χ2v) is 2.34. The topological polar surface area (TPSA) is 26.0 Å². The Bertz CT molecular complexity index is 184. The highest BCUT2D eigenvalue weighted by Crippen LogP contribution is 2.22. The van der Waals surface area contributed by atoms with Crippen LogP contribution in [0.4, 0.5) is 8.78 Å². The Balaban J connectivity index is 2.67. The summed E-state index contributed by atoms with van der Waals surface area (Å²) in [7, 11) is 0. The van der Waals surface area contributed by atoms with Crippen LogP contribution in [0.5, 0.6) is 0 Å². The van der Waals surface area contributed by atoms with Crippen molar-refractivity contribution in [1.29, 1.82) is 0 Å². The van der Waals surface area contributed by atoms with Crippen molar-refractivity contribution >= 4 is 0 Å². The van der Waals surface area contributed by atoms with Crippen LogP contribution >= 0.6 is 0 Å². The molecule has 10 heavy (non-hydrogen) atoms. The van der Waals surface area contributed by atoms with Gasteiger partial charge in [-0.05, 0) is 18.5 Å². The van der Waals surface area contributed by atoms with Gasteiger partial charge in [0.05, 0.1) is 0 Å². The van der Waals surface area contributed by atoms with Crippen LogP contribution in [0.2, 0.25) is 0 Å². The smallest absolute Gasteiger partial charge is 0.122 e. The molecule has 0 heterocycles. The van der Waals surface area contributed by atoms with Crippen LogP contribution in [-0.4, -0.2) is 6.54 Å². The standard InChI is InChI=1S/C7H9F2N/c8-6-1-5(4-10)2-7(9)3-6/h1,3,5H,2,4,10H2. The minimum atomic E-state index is -0.515. The van der Waals surface area contributed by atoms with Gasteiger partial charge in [0.15, 0.2) is 0 Å². The molecule has 0 aromatic rings. The third kappa shape index (κ3) is 1.64. The molecule has 1 atom stereocenters. The lowest BCUT2D eigenvalue weighted by Gasteiger charge is -2.11. The molecule has 0 spiro atoms. The predicted octanol–water partition coefficient (Wildman–Crippen LogP) is 1.67. The molecule has 3 heteroatoms. The number of allylic oxidation sites excluding steroid dienone is 3. The number of halogens is 2. The molecule has 0 fully saturated rings. The Morgan fingerprint density at radius 1 is 1.60 bits per heavy atom. The number of hydrogen-bond acceptors (Lipinski definition) is 1. The summed E-state index contributed by atoms with van der Waals surface area (Å²) >= 11 is 0. The zero-order valence-electron chi connectivity index (χ0n) is 5.48. The van der Waals surface area contributed by atoms with Gasteiger partial charge in [0.25, 0.3) is 0 Å². The first-order valence-corrected chi connectivity index (χ1v) is 3.16. The van der Waals surface area contributed by atoms with Gasteiger partial charge in [-0.2, -0.15) is 0 Å². The van der Waals surface area contributed by atoms with E-state index in [1.165, 1.54) is 6.08 Å². The van der Waals surface area contributed by atoms with E-state index in [0.29, 0.717) is 6.54 Å². The number of rotatable bonds is 1. The first-order valence-electron chi connectivity index (χ1n) is 3.16. The van der Waals surface area contributed by atoms with Gasteiger partial charge in [-0.15, -0.1) is 0 Å². The minimum Gasteiger partial charge on any atom is -0.330 e. The molecule has 0 amide bonds. The molecule has 1 rings (SSSR count). The average molecular weight is 145 g/mol. The second kappa shape index (κ2) is 2.92. The van der Waals surface area contributed by atoms with E-state index in [1.807, 2.05) is 0 Å². The quantitative estimate of drug-likeness (QED) is 0.596. The predicted molar refractivity (Wildman–Crippen MR) is 35.5 cm³/mol. The van der Waals surface area contributed by atoms with Crippen LogP contribution in [0, 0.1) is 5.92 Å². The molecule has 0 aromatic carbocycles. The van der Waals surface area contributed by atoms with E-state index in [0.717, 1.165) is 6.08 Å². The minimum absolute atomic E-state index is 0.162. The van der Waals surface area contributed by atoms with Crippen molar-refractivity contribution in [2.75, 3.05) is 6.54 Å². The maximum atomic E-state index is 12.4. The van der Waals surface area contributed by atoms with E-state index < -0.39 is 11.7 Å². The van der Waals surface area contributed by atoms with Gasteiger partial charge < -0.3 is 5.73 Å². The van der Waals surface area contributed by atoms with Crippen LogP contribution in [0.3, 0.4) is 0 Å². The van der Waals surface area contributed by atoms with Gasteiger partial charge in [0.2, 0.25) is 0 Å². The van der Waals surface area contributed by atoms with Crippen LogP contribution in [0.15, 0.2) is 23.8 Å². The van der Waals surface area contributed by atoms with E-state index in [4.69, 9.17) is 5.73 Å². The average Bonchev–Trinajstić information content (AvgIpc) is 1.85. The van der Waals surface area contributed by atoms with Crippen molar-refractivity contribution in [3.05, 3.63) is 23.8 Å². The van der Waals surface area contributed by atoms with E-state index in [1.54, 1.807) is 0 Å². The van der Waals surface area contributed by atoms with Crippen LogP contribution < -0.4 is 5.73 Å². The molecule has 0 radical (unpaired) electrons. The summed E-state index contributed by atoms with van der Waals surface area (Å²) in [5, 5.41) is 0. The number of hydrogen-bond donors (Lipinski definition) is 1. The lowest BCUT2D eigenvalue weighted by atomic mass is 10.00. The fourth-order valence-corrected chi connectivity index (χ4v) is 0.943. The molecule has 56 valence electrons. The van der Waals surface area contributed by atoms with Crippen molar-refractivity contribution < 1.29 is 8.78 Å². The summed E-state index contributed by atoms with van der Waals surface area (Å²) in [5.74, 6) is -1.10. The third-order valence-corrected chi connectivity index (χ3v) is 1.45. The van der Waals surface area contributed by atoms with Gasteiger partial charge in [-0.25, -0.2) is 8.78 Å². The molecule has 2 N–H and O–H groups in total. The van der Waals surface area contributed by atoms with E-state index >= 15 is 0 Å². The largest absolute Gasteiger partial charge is 0.330 e. The Morgan fingerprint density at radius 2 is 2.30 bits per heavy atom. The van der Waals surface area contributed by atoms with Crippen molar-refractivity contribution in [3.8, 4) is 0 Å². The normalized spacial score (nSPS) is 25.7. The lowest BCUT2D eigenvalue weighted by molar-refractivity contribution is 0.493. The molecule has 1 nitrogen and oxygen atoms in total. The van der Waals surface area contributed by atoms with Crippen molar-refractivity contribution in [3.63, 3.8) is 0 Å². The van der Waals surface area contributed by atoms with Crippen LogP contribution in [-0.2, 0) is 0 Å². The van der Waals surface area contributed by atoms with E-state index in [9.17, 15) is 8.78 Å². The molecule has 0 saturated carbocycles. The Labute approximate surface area is 58.2 Å². The van der Waals surface area contributed by atoms with Gasteiger partial charge in [0, 0.05) is 12.5 Å². The van der Waals surface area contributed by atoms with Gasteiger partial charge >= 0.3 is 0 Å². The van der Waals surface area contributed by atoms with Gasteiger partial charge in [-0.1, -0.05) is 0 Å². The third-order valence-electron chi connectivity index (χ3n) is 1.45. The van der Waals surface area contributed by atoms with E-state index in [-0.39, 0.29) is 12.3 Å². The van der Waals surface area contributed by atoms with Crippen molar-refractivity contribution in [2.24, 2.45) is 11.7 Å². The molecular weight excluding hydrogens is 136 g/mol. The maximum absolute atomic E-state index is 12.4. The van der Waals surface area contributed by atoms with E-state index in [2.05, 4.69) is 0 Å². The first kappa shape index (κ1) is 7.41. The molecule has 1 unspecified atom stereocenters. The van der Waals surface area contributed by atoms with Crippen LogP contribution in [0.1, 0.15) is 6.42 Å². The highest BCUT2D eigenvalue weighted by atomic mass is 19.1. The summed E-state index contributed by atoms with van der Waals surface area (Å²) < 4.78 is 24.8. The summed E-state index contributed by atoms with van der Waals surface area (Å²) in [6, 6.07) is 0. The molecule has 0 aliphatic heterocycles. The van der Waals surface area contributed by atoms with Crippen molar-refractivity contribution in [2.45, 2.75) is 6.42 Å². The Morgan fingerprint density at radius 3 is 2.80 bits per heavy atom. The first-order chi connectivity index (χ1) is 4.72. The summed E-state index contributed by atoms with van der Waals surface area (Å²) in [6.07, 6.45) is 2.49.